The lowest BCUT2D eigenvalue weighted by Gasteiger charge is -2.56. The molecule has 5 fully saturated rings. The van der Waals surface area contributed by atoms with Crippen LogP contribution in [0.15, 0.2) is 0 Å². The van der Waals surface area contributed by atoms with Gasteiger partial charge in [-0.2, -0.15) is 0 Å². The van der Waals surface area contributed by atoms with Crippen molar-refractivity contribution in [3.63, 3.8) is 0 Å². The van der Waals surface area contributed by atoms with Gasteiger partial charge in [-0.05, 0) is 81.0 Å². The molecule has 0 aromatic rings. The van der Waals surface area contributed by atoms with Crippen molar-refractivity contribution in [2.45, 2.75) is 56.9 Å². The first-order valence-corrected chi connectivity index (χ1v) is 8.08. The van der Waals surface area contributed by atoms with E-state index in [0.717, 1.165) is 42.8 Å². The largest absolute Gasteiger partial charge is 0.380 e. The normalized spacial score (nSPS) is 54.8. The fraction of sp³-hybridized carbons (Fsp3) is 1.00. The van der Waals surface area contributed by atoms with Gasteiger partial charge < -0.3 is 10.5 Å². The van der Waals surface area contributed by atoms with Crippen LogP contribution in [0.3, 0.4) is 0 Å². The van der Waals surface area contributed by atoms with Crippen LogP contribution in [0, 0.1) is 29.6 Å². The minimum absolute atomic E-state index is 0.0122. The second-order valence-electron chi connectivity index (χ2n) is 7.82. The zero-order chi connectivity index (χ0) is 12.2. The lowest BCUT2D eigenvalue weighted by atomic mass is 9.50. The summed E-state index contributed by atoms with van der Waals surface area (Å²) in [7, 11) is 0. The lowest BCUT2D eigenvalue weighted by molar-refractivity contribution is -0.0618. The fourth-order valence-corrected chi connectivity index (χ4v) is 5.88. The van der Waals surface area contributed by atoms with E-state index < -0.39 is 0 Å². The van der Waals surface area contributed by atoms with E-state index in [1.807, 2.05) is 0 Å². The molecule has 2 nitrogen and oxygen atoms in total. The van der Waals surface area contributed by atoms with Crippen LogP contribution in [0.25, 0.3) is 0 Å². The topological polar surface area (TPSA) is 35.2 Å². The van der Waals surface area contributed by atoms with Gasteiger partial charge in [-0.25, -0.2) is 0 Å². The number of ether oxygens (including phenoxy) is 1. The molecule has 0 aromatic heterocycles. The van der Waals surface area contributed by atoms with Gasteiger partial charge in [-0.1, -0.05) is 0 Å². The van der Waals surface area contributed by atoms with Crippen LogP contribution < -0.4 is 5.73 Å². The molecule has 2 heteroatoms. The van der Waals surface area contributed by atoms with Crippen LogP contribution in [0.2, 0.25) is 0 Å². The second-order valence-corrected chi connectivity index (χ2v) is 7.82. The second kappa shape index (κ2) is 4.21. The molecule has 1 aliphatic heterocycles. The Hall–Kier alpha value is -0.0800. The van der Waals surface area contributed by atoms with Crippen molar-refractivity contribution in [3.05, 3.63) is 0 Å². The third kappa shape index (κ3) is 1.92. The van der Waals surface area contributed by atoms with Crippen LogP contribution in [-0.4, -0.2) is 18.8 Å². The van der Waals surface area contributed by atoms with Gasteiger partial charge in [-0.3, -0.25) is 0 Å². The zero-order valence-corrected chi connectivity index (χ0v) is 11.4. The third-order valence-corrected chi connectivity index (χ3v) is 6.42. The molecule has 0 radical (unpaired) electrons. The van der Waals surface area contributed by atoms with Gasteiger partial charge in [0.2, 0.25) is 0 Å². The van der Waals surface area contributed by atoms with Gasteiger partial charge in [0, 0.05) is 12.1 Å². The van der Waals surface area contributed by atoms with E-state index in [9.17, 15) is 0 Å². The Labute approximate surface area is 111 Å². The van der Waals surface area contributed by atoms with Crippen LogP contribution in [0.4, 0.5) is 0 Å². The Morgan fingerprint density at radius 2 is 1.67 bits per heavy atom. The summed E-state index contributed by atoms with van der Waals surface area (Å²) in [4.78, 5) is 0. The third-order valence-electron chi connectivity index (χ3n) is 6.42. The minimum Gasteiger partial charge on any atom is -0.380 e. The Morgan fingerprint density at radius 3 is 2.22 bits per heavy atom. The van der Waals surface area contributed by atoms with E-state index in [1.165, 1.54) is 44.9 Å². The quantitative estimate of drug-likeness (QED) is 0.816. The first-order chi connectivity index (χ1) is 8.72. The van der Waals surface area contributed by atoms with Crippen LogP contribution in [0.1, 0.15) is 51.4 Å². The standard InChI is InChI=1S/C16H27NO/c17-16(2-1-3-18-10-16)9-15-13-5-11-4-12(7-13)8-14(15)6-11/h11-15H,1-10,17H2. The molecule has 1 unspecified atom stereocenters. The highest BCUT2D eigenvalue weighted by Crippen LogP contribution is 2.58. The molecule has 102 valence electrons. The zero-order valence-electron chi connectivity index (χ0n) is 11.4. The summed E-state index contributed by atoms with van der Waals surface area (Å²) in [5, 5.41) is 0. The van der Waals surface area contributed by atoms with Crippen molar-refractivity contribution in [2.75, 3.05) is 13.2 Å². The van der Waals surface area contributed by atoms with Crippen molar-refractivity contribution < 1.29 is 4.74 Å². The van der Waals surface area contributed by atoms with Crippen LogP contribution in [0.5, 0.6) is 0 Å². The molecule has 4 aliphatic carbocycles. The summed E-state index contributed by atoms with van der Waals surface area (Å²) >= 11 is 0. The van der Waals surface area contributed by atoms with E-state index in [4.69, 9.17) is 10.5 Å². The van der Waals surface area contributed by atoms with E-state index in [1.54, 1.807) is 6.42 Å². The van der Waals surface area contributed by atoms with Crippen molar-refractivity contribution in [1.29, 1.82) is 0 Å². The summed E-state index contributed by atoms with van der Waals surface area (Å²) < 4.78 is 5.65. The van der Waals surface area contributed by atoms with Gasteiger partial charge in [0.25, 0.3) is 0 Å². The van der Waals surface area contributed by atoms with Crippen molar-refractivity contribution in [1.82, 2.24) is 0 Å². The van der Waals surface area contributed by atoms with Crippen LogP contribution in [-0.2, 0) is 4.74 Å². The molecule has 1 heterocycles. The van der Waals surface area contributed by atoms with E-state index >= 15 is 0 Å². The van der Waals surface area contributed by atoms with Crippen molar-refractivity contribution in [3.8, 4) is 0 Å². The first-order valence-electron chi connectivity index (χ1n) is 8.08. The molecule has 18 heavy (non-hydrogen) atoms. The monoisotopic (exact) mass is 249 g/mol. The Balaban J connectivity index is 1.48. The molecular formula is C16H27NO. The van der Waals surface area contributed by atoms with Gasteiger partial charge in [0.1, 0.15) is 0 Å². The molecule has 5 aliphatic rings. The summed E-state index contributed by atoms with van der Waals surface area (Å²) in [6, 6.07) is 0. The maximum atomic E-state index is 6.61. The number of rotatable bonds is 2. The smallest absolute Gasteiger partial charge is 0.0646 e. The molecule has 1 atom stereocenters. The fourth-order valence-electron chi connectivity index (χ4n) is 5.88. The van der Waals surface area contributed by atoms with Crippen molar-refractivity contribution in [2.24, 2.45) is 35.3 Å². The Morgan fingerprint density at radius 1 is 1.00 bits per heavy atom. The molecule has 0 amide bonds. The first kappa shape index (κ1) is 11.7. The summed E-state index contributed by atoms with van der Waals surface area (Å²) in [5.74, 6) is 5.14. The average molecular weight is 249 g/mol. The molecule has 0 spiro atoms. The van der Waals surface area contributed by atoms with E-state index in [2.05, 4.69) is 0 Å². The summed E-state index contributed by atoms with van der Waals surface area (Å²) in [6.45, 7) is 1.75. The maximum Gasteiger partial charge on any atom is 0.0646 e. The Kier molecular flexibility index (Phi) is 2.74. The van der Waals surface area contributed by atoms with Gasteiger partial charge in [0.15, 0.2) is 0 Å². The van der Waals surface area contributed by atoms with E-state index in [-0.39, 0.29) is 5.54 Å². The number of nitrogens with two attached hydrogens (primary N) is 1. The highest BCUT2D eigenvalue weighted by Gasteiger charge is 2.49. The molecule has 0 aromatic carbocycles. The van der Waals surface area contributed by atoms with Crippen molar-refractivity contribution >= 4 is 0 Å². The van der Waals surface area contributed by atoms with Gasteiger partial charge >= 0.3 is 0 Å². The maximum absolute atomic E-state index is 6.61. The number of hydrogen-bond donors (Lipinski definition) is 1. The Bertz CT molecular complexity index is 293. The molecular weight excluding hydrogens is 222 g/mol. The summed E-state index contributed by atoms with van der Waals surface area (Å²) in [6.07, 6.45) is 11.3. The summed E-state index contributed by atoms with van der Waals surface area (Å²) in [5.41, 5.74) is 6.63. The highest BCUT2D eigenvalue weighted by molar-refractivity contribution is 5.01. The molecule has 4 saturated carbocycles. The predicted molar refractivity (Wildman–Crippen MR) is 72.1 cm³/mol. The molecule has 2 N–H and O–H groups in total. The highest BCUT2D eigenvalue weighted by atomic mass is 16.5. The average Bonchev–Trinajstić information content (AvgIpc) is 2.34. The van der Waals surface area contributed by atoms with Gasteiger partial charge in [0.05, 0.1) is 6.61 Å². The molecule has 4 bridgehead atoms. The SMILES string of the molecule is NC1(CC2C3CC4CC(C3)CC2C4)CCCOC1. The number of hydrogen-bond acceptors (Lipinski definition) is 2. The molecule has 1 saturated heterocycles. The van der Waals surface area contributed by atoms with Gasteiger partial charge in [-0.15, -0.1) is 0 Å². The predicted octanol–water partition coefficient (Wildman–Crippen LogP) is 2.96. The van der Waals surface area contributed by atoms with E-state index in [0.29, 0.717) is 0 Å². The minimum atomic E-state index is 0.0122. The van der Waals surface area contributed by atoms with Crippen LogP contribution >= 0.6 is 0 Å². The lowest BCUT2D eigenvalue weighted by Crippen LogP contribution is -2.53. The molecule has 5 rings (SSSR count).